The molecule has 0 bridgehead atoms. The summed E-state index contributed by atoms with van der Waals surface area (Å²) in [7, 11) is 0. The largest absolute Gasteiger partial charge is 0.393 e. The molecule has 2 amide bonds. The molecule has 0 aliphatic heterocycles. The van der Waals surface area contributed by atoms with Gasteiger partial charge < -0.3 is 15.7 Å². The minimum absolute atomic E-state index is 0.0850. The zero-order valence-electron chi connectivity index (χ0n) is 11.7. The molecule has 3 N–H and O–H groups in total. The fourth-order valence-electron chi connectivity index (χ4n) is 2.29. The Kier molecular flexibility index (Phi) is 5.05. The van der Waals surface area contributed by atoms with Gasteiger partial charge in [0.2, 0.25) is 0 Å². The van der Waals surface area contributed by atoms with E-state index >= 15 is 0 Å². The van der Waals surface area contributed by atoms with Crippen molar-refractivity contribution in [1.82, 2.24) is 10.6 Å². The van der Waals surface area contributed by atoms with E-state index in [1.807, 2.05) is 18.2 Å². The van der Waals surface area contributed by atoms with Crippen LogP contribution in [0.25, 0.3) is 0 Å². The number of benzene rings is 1. The van der Waals surface area contributed by atoms with Gasteiger partial charge in [0.15, 0.2) is 0 Å². The molecule has 110 valence electrons. The van der Waals surface area contributed by atoms with Crippen LogP contribution in [-0.4, -0.2) is 30.3 Å². The minimum Gasteiger partial charge on any atom is -0.393 e. The van der Waals surface area contributed by atoms with Crippen LogP contribution in [0.15, 0.2) is 28.7 Å². The highest BCUT2D eigenvalue weighted by atomic mass is 79.9. The van der Waals surface area contributed by atoms with Gasteiger partial charge >= 0.3 is 6.03 Å². The summed E-state index contributed by atoms with van der Waals surface area (Å²) in [6, 6.07) is 8.02. The average Bonchev–Trinajstić information content (AvgIpc) is 3.17. The van der Waals surface area contributed by atoms with Crippen LogP contribution in [-0.2, 0) is 5.41 Å². The van der Waals surface area contributed by atoms with Crippen molar-refractivity contribution in [1.29, 1.82) is 0 Å². The Morgan fingerprint density at radius 2 is 2.10 bits per heavy atom. The molecular formula is C15H21BrN2O2. The first-order valence-corrected chi connectivity index (χ1v) is 7.78. The lowest BCUT2D eigenvalue weighted by atomic mass is 9.96. The second-order valence-corrected chi connectivity index (χ2v) is 6.36. The van der Waals surface area contributed by atoms with Crippen molar-refractivity contribution >= 4 is 22.0 Å². The van der Waals surface area contributed by atoms with Gasteiger partial charge in [-0.2, -0.15) is 0 Å². The summed E-state index contributed by atoms with van der Waals surface area (Å²) in [5, 5.41) is 14.8. The van der Waals surface area contributed by atoms with Gasteiger partial charge in [0, 0.05) is 23.0 Å². The van der Waals surface area contributed by atoms with Crippen LogP contribution in [0.5, 0.6) is 0 Å². The number of urea groups is 1. The molecule has 0 radical (unpaired) electrons. The number of carbonyl (C=O) groups is 1. The topological polar surface area (TPSA) is 61.4 Å². The molecule has 1 saturated carbocycles. The van der Waals surface area contributed by atoms with Crippen LogP contribution < -0.4 is 10.6 Å². The molecule has 1 unspecified atom stereocenters. The molecule has 0 heterocycles. The van der Waals surface area contributed by atoms with E-state index in [0.717, 1.165) is 17.3 Å². The second-order valence-electron chi connectivity index (χ2n) is 5.51. The average molecular weight is 341 g/mol. The predicted octanol–water partition coefficient (Wildman–Crippen LogP) is 2.55. The fraction of sp³-hybridized carbons (Fsp3) is 0.533. The Hall–Kier alpha value is -1.07. The van der Waals surface area contributed by atoms with Crippen LogP contribution in [0, 0.1) is 0 Å². The van der Waals surface area contributed by atoms with Crippen molar-refractivity contribution in [2.45, 2.75) is 37.7 Å². The number of amides is 2. The van der Waals surface area contributed by atoms with Crippen molar-refractivity contribution in [2.24, 2.45) is 0 Å². The van der Waals surface area contributed by atoms with Crippen LogP contribution in [0.4, 0.5) is 4.79 Å². The molecule has 0 saturated heterocycles. The maximum atomic E-state index is 11.7. The lowest BCUT2D eigenvalue weighted by molar-refractivity contribution is 0.183. The molecule has 20 heavy (non-hydrogen) atoms. The summed E-state index contributed by atoms with van der Waals surface area (Å²) in [6.45, 7) is 2.85. The number of halogens is 1. The predicted molar refractivity (Wildman–Crippen MR) is 82.8 cm³/mol. The SMILES string of the molecule is CC(O)CCNC(=O)NCC1(c2ccccc2Br)CC1. The molecule has 1 atom stereocenters. The molecule has 1 aliphatic rings. The first-order chi connectivity index (χ1) is 9.53. The minimum atomic E-state index is -0.384. The van der Waals surface area contributed by atoms with Crippen molar-refractivity contribution < 1.29 is 9.90 Å². The Balaban J connectivity index is 1.82. The zero-order chi connectivity index (χ0) is 14.6. The first-order valence-electron chi connectivity index (χ1n) is 6.98. The summed E-state index contributed by atoms with van der Waals surface area (Å²) in [4.78, 5) is 11.7. The van der Waals surface area contributed by atoms with E-state index in [9.17, 15) is 4.79 Å². The lowest BCUT2D eigenvalue weighted by Gasteiger charge is -2.18. The van der Waals surface area contributed by atoms with E-state index in [4.69, 9.17) is 5.11 Å². The van der Waals surface area contributed by atoms with Gasteiger partial charge in [-0.05, 0) is 37.8 Å². The van der Waals surface area contributed by atoms with Crippen molar-refractivity contribution in [3.8, 4) is 0 Å². The van der Waals surface area contributed by atoms with Crippen molar-refractivity contribution in [2.75, 3.05) is 13.1 Å². The van der Waals surface area contributed by atoms with E-state index in [2.05, 4.69) is 32.6 Å². The molecule has 0 aromatic heterocycles. The quantitative estimate of drug-likeness (QED) is 0.745. The van der Waals surface area contributed by atoms with E-state index in [1.165, 1.54) is 5.56 Å². The number of rotatable bonds is 6. The highest BCUT2D eigenvalue weighted by Gasteiger charge is 2.45. The Bertz CT molecular complexity index is 473. The second kappa shape index (κ2) is 6.59. The highest BCUT2D eigenvalue weighted by Crippen LogP contribution is 2.49. The molecule has 1 aliphatic carbocycles. The molecule has 1 aromatic carbocycles. The van der Waals surface area contributed by atoms with Gasteiger partial charge in [0.25, 0.3) is 0 Å². The van der Waals surface area contributed by atoms with E-state index in [0.29, 0.717) is 19.5 Å². The summed E-state index contributed by atoms with van der Waals surface area (Å²) in [6.07, 6.45) is 2.39. The number of carbonyl (C=O) groups excluding carboxylic acids is 1. The van der Waals surface area contributed by atoms with E-state index < -0.39 is 0 Å². The van der Waals surface area contributed by atoms with E-state index in [1.54, 1.807) is 6.92 Å². The smallest absolute Gasteiger partial charge is 0.314 e. The van der Waals surface area contributed by atoms with Crippen LogP contribution in [0.1, 0.15) is 31.7 Å². The number of nitrogens with one attached hydrogen (secondary N) is 2. The highest BCUT2D eigenvalue weighted by molar-refractivity contribution is 9.10. The summed E-state index contributed by atoms with van der Waals surface area (Å²) in [5.74, 6) is 0. The maximum Gasteiger partial charge on any atom is 0.314 e. The Labute approximate surface area is 128 Å². The van der Waals surface area contributed by atoms with E-state index in [-0.39, 0.29) is 17.6 Å². The van der Waals surface area contributed by atoms with Crippen molar-refractivity contribution in [3.63, 3.8) is 0 Å². The third-order valence-corrected chi connectivity index (χ3v) is 4.43. The van der Waals surface area contributed by atoms with Crippen molar-refractivity contribution in [3.05, 3.63) is 34.3 Å². The standard InChI is InChI=1S/C15H21BrN2O2/c1-11(19)6-9-17-14(20)18-10-15(7-8-15)12-4-2-3-5-13(12)16/h2-5,11,19H,6-10H2,1H3,(H2,17,18,20). The number of aliphatic hydroxyl groups excluding tert-OH is 1. The molecular weight excluding hydrogens is 320 g/mol. The number of aliphatic hydroxyl groups is 1. The molecule has 4 nitrogen and oxygen atoms in total. The Morgan fingerprint density at radius 3 is 2.70 bits per heavy atom. The van der Waals surface area contributed by atoms with Gasteiger partial charge in [-0.3, -0.25) is 0 Å². The first kappa shape index (κ1) is 15.3. The molecule has 0 spiro atoms. The van der Waals surface area contributed by atoms with Gasteiger partial charge in [0.1, 0.15) is 0 Å². The van der Waals surface area contributed by atoms with Crippen LogP contribution in [0.2, 0.25) is 0 Å². The molecule has 2 rings (SSSR count). The Morgan fingerprint density at radius 1 is 1.40 bits per heavy atom. The third kappa shape index (κ3) is 3.96. The molecule has 1 fully saturated rings. The van der Waals surface area contributed by atoms with Crippen LogP contribution in [0.3, 0.4) is 0 Å². The molecule has 5 heteroatoms. The summed E-state index contributed by atoms with van der Waals surface area (Å²) >= 11 is 3.58. The summed E-state index contributed by atoms with van der Waals surface area (Å²) in [5.41, 5.74) is 1.35. The zero-order valence-corrected chi connectivity index (χ0v) is 13.2. The monoisotopic (exact) mass is 340 g/mol. The van der Waals surface area contributed by atoms with Gasteiger partial charge in [-0.25, -0.2) is 4.79 Å². The normalized spacial score (nSPS) is 17.4. The molecule has 1 aromatic rings. The number of hydrogen-bond acceptors (Lipinski definition) is 2. The van der Waals surface area contributed by atoms with Gasteiger partial charge in [-0.15, -0.1) is 0 Å². The number of hydrogen-bond donors (Lipinski definition) is 3. The van der Waals surface area contributed by atoms with Gasteiger partial charge in [-0.1, -0.05) is 34.1 Å². The third-order valence-electron chi connectivity index (χ3n) is 3.73. The summed E-state index contributed by atoms with van der Waals surface area (Å²) < 4.78 is 1.11. The lowest BCUT2D eigenvalue weighted by Crippen LogP contribution is -2.40. The van der Waals surface area contributed by atoms with Gasteiger partial charge in [0.05, 0.1) is 6.10 Å². The van der Waals surface area contributed by atoms with Crippen LogP contribution >= 0.6 is 15.9 Å². The maximum absolute atomic E-state index is 11.7. The fourth-order valence-corrected chi connectivity index (χ4v) is 3.00.